The molecule has 1 N–H and O–H groups in total. The fourth-order valence-corrected chi connectivity index (χ4v) is 3.56. The third-order valence-electron chi connectivity index (χ3n) is 4.20. The van der Waals surface area contributed by atoms with Crippen LogP contribution in [0.2, 0.25) is 10.0 Å². The van der Waals surface area contributed by atoms with Crippen LogP contribution in [0.25, 0.3) is 0 Å². The molecule has 138 valence electrons. The largest absolute Gasteiger partial charge is 0.416 e. The lowest BCUT2D eigenvalue weighted by Crippen LogP contribution is -2.28. The van der Waals surface area contributed by atoms with E-state index in [-0.39, 0.29) is 6.04 Å². The van der Waals surface area contributed by atoms with Crippen molar-refractivity contribution in [2.24, 2.45) is 4.99 Å². The Morgan fingerprint density at radius 2 is 1.81 bits per heavy atom. The van der Waals surface area contributed by atoms with E-state index < -0.39 is 11.7 Å². The molecule has 0 aliphatic carbocycles. The van der Waals surface area contributed by atoms with Crippen molar-refractivity contribution in [1.82, 2.24) is 5.32 Å². The summed E-state index contributed by atoms with van der Waals surface area (Å²) in [4.78, 5) is 4.47. The zero-order valence-electron chi connectivity index (χ0n) is 14.0. The van der Waals surface area contributed by atoms with E-state index in [1.54, 1.807) is 6.07 Å². The van der Waals surface area contributed by atoms with Crippen LogP contribution in [0.3, 0.4) is 0 Å². The van der Waals surface area contributed by atoms with Gasteiger partial charge in [0.15, 0.2) is 0 Å². The molecule has 0 saturated heterocycles. The summed E-state index contributed by atoms with van der Waals surface area (Å²) >= 11 is 12.0. The second-order valence-electron chi connectivity index (χ2n) is 6.46. The molecule has 26 heavy (non-hydrogen) atoms. The first-order valence-corrected chi connectivity index (χ1v) is 8.91. The van der Waals surface area contributed by atoms with Gasteiger partial charge >= 0.3 is 6.18 Å². The maximum absolute atomic E-state index is 12.8. The molecule has 0 spiro atoms. The van der Waals surface area contributed by atoms with Crippen LogP contribution in [0, 0.1) is 0 Å². The van der Waals surface area contributed by atoms with Gasteiger partial charge in [0.1, 0.15) is 0 Å². The molecule has 0 aromatic heterocycles. The fourth-order valence-electron chi connectivity index (χ4n) is 2.99. The summed E-state index contributed by atoms with van der Waals surface area (Å²) < 4.78 is 38.4. The minimum absolute atomic E-state index is 0.114. The Labute approximate surface area is 160 Å². The molecule has 1 aliphatic heterocycles. The normalized spacial score (nSPS) is 14.9. The standard InChI is InChI=1S/C19H17Cl2F3N2/c1-11(25-10-12-5-15(20)9-16(21)6-12)4-17-8-13-7-14(19(22,23)24)2-3-18(13)26-17/h2-3,5-7,9,11,25H,4,8,10H2,1H3. The van der Waals surface area contributed by atoms with Crippen LogP contribution in [0.15, 0.2) is 41.4 Å². The van der Waals surface area contributed by atoms with E-state index in [1.807, 2.05) is 19.1 Å². The van der Waals surface area contributed by atoms with Gasteiger partial charge in [-0.2, -0.15) is 13.2 Å². The lowest BCUT2D eigenvalue weighted by atomic mass is 10.0. The van der Waals surface area contributed by atoms with E-state index >= 15 is 0 Å². The minimum Gasteiger partial charge on any atom is -0.310 e. The van der Waals surface area contributed by atoms with Gasteiger partial charge in [-0.15, -0.1) is 0 Å². The van der Waals surface area contributed by atoms with Crippen LogP contribution in [-0.2, 0) is 19.1 Å². The monoisotopic (exact) mass is 400 g/mol. The summed E-state index contributed by atoms with van der Waals surface area (Å²) in [6.07, 6.45) is -3.22. The van der Waals surface area contributed by atoms with Gasteiger partial charge in [-0.1, -0.05) is 23.2 Å². The summed E-state index contributed by atoms with van der Waals surface area (Å²) in [5.41, 5.74) is 2.48. The predicted molar refractivity (Wildman–Crippen MR) is 99.6 cm³/mol. The van der Waals surface area contributed by atoms with Crippen molar-refractivity contribution >= 4 is 34.6 Å². The first-order valence-electron chi connectivity index (χ1n) is 8.15. The van der Waals surface area contributed by atoms with E-state index in [4.69, 9.17) is 23.2 Å². The molecule has 1 unspecified atom stereocenters. The van der Waals surface area contributed by atoms with E-state index in [0.29, 0.717) is 40.7 Å². The number of aliphatic imine (C=N–C) groups is 1. The summed E-state index contributed by atoms with van der Waals surface area (Å²) in [5.74, 6) is 0. The molecule has 2 nitrogen and oxygen atoms in total. The zero-order chi connectivity index (χ0) is 18.9. The van der Waals surface area contributed by atoms with Crippen LogP contribution in [-0.4, -0.2) is 11.8 Å². The third-order valence-corrected chi connectivity index (χ3v) is 4.64. The van der Waals surface area contributed by atoms with Gasteiger partial charge in [0, 0.05) is 41.2 Å². The van der Waals surface area contributed by atoms with Crippen molar-refractivity contribution in [2.75, 3.05) is 0 Å². The highest BCUT2D eigenvalue weighted by atomic mass is 35.5. The second-order valence-corrected chi connectivity index (χ2v) is 7.33. The van der Waals surface area contributed by atoms with Crippen molar-refractivity contribution in [1.29, 1.82) is 0 Å². The second kappa shape index (κ2) is 7.59. The van der Waals surface area contributed by atoms with Gasteiger partial charge in [-0.25, -0.2) is 0 Å². The zero-order valence-corrected chi connectivity index (χ0v) is 15.5. The molecule has 2 aromatic carbocycles. The quantitative estimate of drug-likeness (QED) is 0.633. The predicted octanol–water partition coefficient (Wildman–Crippen LogP) is 6.21. The third kappa shape index (κ3) is 4.78. The topological polar surface area (TPSA) is 24.4 Å². The van der Waals surface area contributed by atoms with E-state index in [2.05, 4.69) is 10.3 Å². The highest BCUT2D eigenvalue weighted by Crippen LogP contribution is 2.35. The number of hydrogen-bond donors (Lipinski definition) is 1. The number of benzene rings is 2. The van der Waals surface area contributed by atoms with E-state index in [1.165, 1.54) is 12.1 Å². The van der Waals surface area contributed by atoms with Crippen molar-refractivity contribution in [3.63, 3.8) is 0 Å². The maximum Gasteiger partial charge on any atom is 0.416 e. The molecule has 0 bridgehead atoms. The average molecular weight is 401 g/mol. The lowest BCUT2D eigenvalue weighted by molar-refractivity contribution is -0.137. The van der Waals surface area contributed by atoms with Crippen LogP contribution in [0.5, 0.6) is 0 Å². The molecule has 1 heterocycles. The molecule has 0 amide bonds. The first-order chi connectivity index (χ1) is 12.2. The first kappa shape index (κ1) is 19.2. The van der Waals surface area contributed by atoms with Gasteiger partial charge in [0.05, 0.1) is 11.3 Å². The Bertz CT molecular complexity index is 827. The summed E-state index contributed by atoms with van der Waals surface area (Å²) in [7, 11) is 0. The lowest BCUT2D eigenvalue weighted by Gasteiger charge is -2.14. The highest BCUT2D eigenvalue weighted by molar-refractivity contribution is 6.34. The number of halogens is 5. The van der Waals surface area contributed by atoms with Crippen LogP contribution < -0.4 is 5.32 Å². The molecule has 7 heteroatoms. The highest BCUT2D eigenvalue weighted by Gasteiger charge is 2.31. The molecule has 1 atom stereocenters. The van der Waals surface area contributed by atoms with Gasteiger partial charge in [-0.05, 0) is 54.4 Å². The number of fused-ring (bicyclic) bond motifs is 1. The van der Waals surface area contributed by atoms with Gasteiger partial charge < -0.3 is 5.32 Å². The number of rotatable bonds is 5. The van der Waals surface area contributed by atoms with Crippen LogP contribution >= 0.6 is 23.2 Å². The van der Waals surface area contributed by atoms with Crippen molar-refractivity contribution in [3.8, 4) is 0 Å². The Balaban J connectivity index is 1.58. The summed E-state index contributed by atoms with van der Waals surface area (Å²) in [6, 6.07) is 9.19. The summed E-state index contributed by atoms with van der Waals surface area (Å²) in [5, 5.41) is 4.53. The summed E-state index contributed by atoms with van der Waals surface area (Å²) in [6.45, 7) is 2.61. The van der Waals surface area contributed by atoms with Gasteiger partial charge in [0.25, 0.3) is 0 Å². The number of nitrogens with zero attached hydrogens (tertiary/aromatic N) is 1. The Kier molecular flexibility index (Phi) is 5.61. The maximum atomic E-state index is 12.8. The smallest absolute Gasteiger partial charge is 0.310 e. The average Bonchev–Trinajstić information content (AvgIpc) is 2.92. The van der Waals surface area contributed by atoms with Crippen molar-refractivity contribution in [2.45, 2.75) is 38.5 Å². The van der Waals surface area contributed by atoms with E-state index in [9.17, 15) is 13.2 Å². The molecular weight excluding hydrogens is 384 g/mol. The van der Waals surface area contributed by atoms with Crippen molar-refractivity contribution in [3.05, 3.63) is 63.1 Å². The number of alkyl halides is 3. The van der Waals surface area contributed by atoms with Crippen LogP contribution in [0.1, 0.15) is 30.0 Å². The Hall–Kier alpha value is -1.56. The Morgan fingerprint density at radius 1 is 1.12 bits per heavy atom. The van der Waals surface area contributed by atoms with E-state index in [0.717, 1.165) is 17.3 Å². The van der Waals surface area contributed by atoms with Gasteiger partial charge in [-0.3, -0.25) is 4.99 Å². The Morgan fingerprint density at radius 3 is 2.46 bits per heavy atom. The molecule has 3 rings (SSSR count). The molecule has 2 aromatic rings. The fraction of sp³-hybridized carbons (Fsp3) is 0.316. The number of hydrogen-bond acceptors (Lipinski definition) is 2. The van der Waals surface area contributed by atoms with Gasteiger partial charge in [0.2, 0.25) is 0 Å². The minimum atomic E-state index is -4.33. The molecule has 0 radical (unpaired) electrons. The van der Waals surface area contributed by atoms with Crippen LogP contribution in [0.4, 0.5) is 18.9 Å². The molecular formula is C19H17Cl2F3N2. The molecule has 0 saturated carbocycles. The SMILES string of the molecule is CC(CC1=Nc2ccc(C(F)(F)F)cc2C1)NCc1cc(Cl)cc(Cl)c1. The number of nitrogens with one attached hydrogen (secondary N) is 1. The molecule has 1 aliphatic rings. The van der Waals surface area contributed by atoms with Crippen molar-refractivity contribution < 1.29 is 13.2 Å². The molecule has 0 fully saturated rings.